The Morgan fingerprint density at radius 2 is 2.00 bits per heavy atom. The standard InChI is InChI=1S/C16H20FN3/c1-16(2,3)19-11-14-7-8-18-15(20-14)10-12-5-4-6-13(17)9-12/h4-9,19H,10-11H2,1-3H3. The molecule has 0 amide bonds. The number of hydrogen-bond acceptors (Lipinski definition) is 3. The first-order valence-electron chi connectivity index (χ1n) is 6.73. The van der Waals surface area contributed by atoms with E-state index in [1.54, 1.807) is 12.3 Å². The van der Waals surface area contributed by atoms with Crippen LogP contribution in [0.3, 0.4) is 0 Å². The molecule has 0 bridgehead atoms. The number of halogens is 1. The van der Waals surface area contributed by atoms with E-state index in [1.165, 1.54) is 12.1 Å². The third kappa shape index (κ3) is 4.70. The van der Waals surface area contributed by atoms with Gasteiger partial charge in [0.15, 0.2) is 0 Å². The molecule has 0 aliphatic rings. The van der Waals surface area contributed by atoms with Gasteiger partial charge in [0.2, 0.25) is 0 Å². The molecule has 1 aromatic carbocycles. The number of rotatable bonds is 4. The number of nitrogens with zero attached hydrogens (tertiary/aromatic N) is 2. The molecule has 1 aromatic heterocycles. The molecule has 1 N–H and O–H groups in total. The summed E-state index contributed by atoms with van der Waals surface area (Å²) in [7, 11) is 0. The van der Waals surface area contributed by atoms with Gasteiger partial charge >= 0.3 is 0 Å². The van der Waals surface area contributed by atoms with Gasteiger partial charge in [-0.2, -0.15) is 0 Å². The van der Waals surface area contributed by atoms with Crippen LogP contribution in [0, 0.1) is 5.82 Å². The van der Waals surface area contributed by atoms with E-state index in [9.17, 15) is 4.39 Å². The van der Waals surface area contributed by atoms with Gasteiger partial charge in [0, 0.05) is 24.7 Å². The second-order valence-electron chi connectivity index (χ2n) is 5.87. The molecule has 0 radical (unpaired) electrons. The lowest BCUT2D eigenvalue weighted by Gasteiger charge is -2.20. The Hall–Kier alpha value is -1.81. The van der Waals surface area contributed by atoms with Crippen molar-refractivity contribution in [3.05, 3.63) is 59.4 Å². The van der Waals surface area contributed by atoms with E-state index in [0.29, 0.717) is 18.8 Å². The van der Waals surface area contributed by atoms with Crippen molar-refractivity contribution in [2.45, 2.75) is 39.3 Å². The van der Waals surface area contributed by atoms with Gasteiger partial charge in [-0.3, -0.25) is 0 Å². The highest BCUT2D eigenvalue weighted by molar-refractivity contribution is 5.20. The van der Waals surface area contributed by atoms with Gasteiger partial charge in [0.05, 0.1) is 5.69 Å². The van der Waals surface area contributed by atoms with Crippen LogP contribution in [0.25, 0.3) is 0 Å². The van der Waals surface area contributed by atoms with Crippen molar-refractivity contribution < 1.29 is 4.39 Å². The quantitative estimate of drug-likeness (QED) is 0.930. The molecule has 3 nitrogen and oxygen atoms in total. The van der Waals surface area contributed by atoms with Gasteiger partial charge in [0.25, 0.3) is 0 Å². The minimum atomic E-state index is -0.229. The van der Waals surface area contributed by atoms with Crippen molar-refractivity contribution in [2.24, 2.45) is 0 Å². The summed E-state index contributed by atoms with van der Waals surface area (Å²) in [4.78, 5) is 8.75. The molecule has 2 rings (SSSR count). The Kier molecular flexibility index (Phi) is 4.45. The van der Waals surface area contributed by atoms with Crippen LogP contribution in [-0.2, 0) is 13.0 Å². The fraction of sp³-hybridized carbons (Fsp3) is 0.375. The van der Waals surface area contributed by atoms with Crippen molar-refractivity contribution in [3.63, 3.8) is 0 Å². The van der Waals surface area contributed by atoms with Crippen LogP contribution in [0.2, 0.25) is 0 Å². The van der Waals surface area contributed by atoms with E-state index < -0.39 is 0 Å². The van der Waals surface area contributed by atoms with E-state index in [4.69, 9.17) is 0 Å². The van der Waals surface area contributed by atoms with Gasteiger partial charge in [-0.1, -0.05) is 12.1 Å². The minimum absolute atomic E-state index is 0.0493. The van der Waals surface area contributed by atoms with Gasteiger partial charge in [-0.15, -0.1) is 0 Å². The first-order valence-corrected chi connectivity index (χ1v) is 6.73. The summed E-state index contributed by atoms with van der Waals surface area (Å²) in [5.74, 6) is 0.483. The molecule has 4 heteroatoms. The SMILES string of the molecule is CC(C)(C)NCc1ccnc(Cc2cccc(F)c2)n1. The molecule has 0 aliphatic carbocycles. The van der Waals surface area contributed by atoms with E-state index in [1.807, 2.05) is 12.1 Å². The van der Waals surface area contributed by atoms with E-state index in [-0.39, 0.29) is 11.4 Å². The fourth-order valence-corrected chi connectivity index (χ4v) is 1.81. The van der Waals surface area contributed by atoms with Crippen LogP contribution in [0.5, 0.6) is 0 Å². The average molecular weight is 273 g/mol. The van der Waals surface area contributed by atoms with E-state index >= 15 is 0 Å². The smallest absolute Gasteiger partial charge is 0.132 e. The lowest BCUT2D eigenvalue weighted by Crippen LogP contribution is -2.35. The Labute approximate surface area is 119 Å². The number of nitrogens with one attached hydrogen (secondary N) is 1. The van der Waals surface area contributed by atoms with Gasteiger partial charge in [0.1, 0.15) is 11.6 Å². The molecule has 0 fully saturated rings. The Balaban J connectivity index is 2.06. The Morgan fingerprint density at radius 1 is 1.20 bits per heavy atom. The molecule has 0 spiro atoms. The Morgan fingerprint density at radius 3 is 2.70 bits per heavy atom. The van der Waals surface area contributed by atoms with Gasteiger partial charge < -0.3 is 5.32 Å². The molecule has 0 saturated carbocycles. The van der Waals surface area contributed by atoms with Gasteiger partial charge in [-0.25, -0.2) is 14.4 Å². The molecular weight excluding hydrogens is 253 g/mol. The lowest BCUT2D eigenvalue weighted by atomic mass is 10.1. The molecule has 106 valence electrons. The van der Waals surface area contributed by atoms with E-state index in [2.05, 4.69) is 36.1 Å². The predicted octanol–water partition coefficient (Wildman–Crippen LogP) is 3.09. The van der Waals surface area contributed by atoms with Crippen LogP contribution >= 0.6 is 0 Å². The first-order chi connectivity index (χ1) is 9.42. The largest absolute Gasteiger partial charge is 0.306 e. The second kappa shape index (κ2) is 6.09. The molecule has 0 unspecified atom stereocenters. The second-order valence-corrected chi connectivity index (χ2v) is 5.87. The molecule has 0 atom stereocenters. The summed E-state index contributed by atoms with van der Waals surface area (Å²) < 4.78 is 13.2. The van der Waals surface area contributed by atoms with Crippen LogP contribution in [0.15, 0.2) is 36.5 Å². The van der Waals surface area contributed by atoms with Crippen molar-refractivity contribution in [1.29, 1.82) is 0 Å². The van der Waals surface area contributed by atoms with Crippen LogP contribution in [0.4, 0.5) is 4.39 Å². The maximum absolute atomic E-state index is 13.2. The molecule has 20 heavy (non-hydrogen) atoms. The summed E-state index contributed by atoms with van der Waals surface area (Å²) in [6.45, 7) is 7.04. The number of benzene rings is 1. The average Bonchev–Trinajstić information content (AvgIpc) is 2.36. The Bertz CT molecular complexity index is 576. The zero-order valence-electron chi connectivity index (χ0n) is 12.2. The summed E-state index contributed by atoms with van der Waals surface area (Å²) in [5.41, 5.74) is 1.88. The molecule has 0 aliphatic heterocycles. The monoisotopic (exact) mass is 273 g/mol. The summed E-state index contributed by atoms with van der Waals surface area (Å²) in [6.07, 6.45) is 2.29. The number of hydrogen-bond donors (Lipinski definition) is 1. The van der Waals surface area contributed by atoms with Crippen LogP contribution in [-0.4, -0.2) is 15.5 Å². The molecule has 0 saturated heterocycles. The third-order valence-corrected chi connectivity index (χ3v) is 2.81. The summed E-state index contributed by atoms with van der Waals surface area (Å²) in [5, 5.41) is 3.39. The molecule has 1 heterocycles. The number of aromatic nitrogens is 2. The third-order valence-electron chi connectivity index (χ3n) is 2.81. The van der Waals surface area contributed by atoms with Crippen molar-refractivity contribution >= 4 is 0 Å². The van der Waals surface area contributed by atoms with E-state index in [0.717, 1.165) is 11.3 Å². The highest BCUT2D eigenvalue weighted by atomic mass is 19.1. The van der Waals surface area contributed by atoms with Crippen LogP contribution in [0.1, 0.15) is 37.9 Å². The zero-order chi connectivity index (χ0) is 14.6. The maximum atomic E-state index is 13.2. The van der Waals surface area contributed by atoms with Crippen molar-refractivity contribution in [2.75, 3.05) is 0 Å². The molecule has 2 aromatic rings. The molecular formula is C16H20FN3. The normalized spacial score (nSPS) is 11.6. The summed E-state index contributed by atoms with van der Waals surface area (Å²) >= 11 is 0. The van der Waals surface area contributed by atoms with Gasteiger partial charge in [-0.05, 0) is 44.5 Å². The first kappa shape index (κ1) is 14.6. The highest BCUT2D eigenvalue weighted by Crippen LogP contribution is 2.09. The fourth-order valence-electron chi connectivity index (χ4n) is 1.81. The predicted molar refractivity (Wildman–Crippen MR) is 77.8 cm³/mol. The lowest BCUT2D eigenvalue weighted by molar-refractivity contribution is 0.420. The maximum Gasteiger partial charge on any atom is 0.132 e. The zero-order valence-corrected chi connectivity index (χ0v) is 12.2. The minimum Gasteiger partial charge on any atom is -0.306 e. The summed E-state index contributed by atoms with van der Waals surface area (Å²) in [6, 6.07) is 8.44. The van der Waals surface area contributed by atoms with Crippen molar-refractivity contribution in [1.82, 2.24) is 15.3 Å². The van der Waals surface area contributed by atoms with Crippen molar-refractivity contribution in [3.8, 4) is 0 Å². The topological polar surface area (TPSA) is 37.8 Å². The van der Waals surface area contributed by atoms with Crippen LogP contribution < -0.4 is 5.32 Å². The highest BCUT2D eigenvalue weighted by Gasteiger charge is 2.09.